The van der Waals surface area contributed by atoms with Crippen LogP contribution in [0.15, 0.2) is 24.5 Å². The van der Waals surface area contributed by atoms with Crippen LogP contribution in [-0.2, 0) is 6.54 Å². The fraction of sp³-hybridized carbons (Fsp3) is 0.357. The Morgan fingerprint density at radius 2 is 2.30 bits per heavy atom. The molecule has 1 aliphatic rings. The normalized spacial score (nSPS) is 16.5. The highest BCUT2D eigenvalue weighted by Crippen LogP contribution is 2.23. The molecule has 2 aromatic rings. The van der Waals surface area contributed by atoms with E-state index in [1.165, 1.54) is 24.5 Å². The van der Waals surface area contributed by atoms with E-state index >= 15 is 0 Å². The van der Waals surface area contributed by atoms with Crippen molar-refractivity contribution in [2.45, 2.75) is 32.4 Å². The zero-order chi connectivity index (χ0) is 16.4. The molecule has 0 radical (unpaired) electrons. The summed E-state index contributed by atoms with van der Waals surface area (Å²) < 4.78 is 1.78. The Balaban J connectivity index is 1.68. The van der Waals surface area contributed by atoms with E-state index in [0.29, 0.717) is 11.3 Å². The van der Waals surface area contributed by atoms with Gasteiger partial charge in [-0.3, -0.25) is 10.1 Å². The van der Waals surface area contributed by atoms with Crippen LogP contribution in [0.2, 0.25) is 0 Å². The van der Waals surface area contributed by atoms with Gasteiger partial charge in [0.2, 0.25) is 0 Å². The third kappa shape index (κ3) is 3.12. The molecule has 120 valence electrons. The molecule has 23 heavy (non-hydrogen) atoms. The highest BCUT2D eigenvalue weighted by atomic mass is 16.6. The third-order valence-electron chi connectivity index (χ3n) is 3.79. The maximum atomic E-state index is 12.2. The maximum Gasteiger partial charge on any atom is 0.319 e. The van der Waals surface area contributed by atoms with Crippen LogP contribution in [-0.4, -0.2) is 25.7 Å². The molecule has 2 heterocycles. The van der Waals surface area contributed by atoms with Gasteiger partial charge >= 0.3 is 6.03 Å². The van der Waals surface area contributed by atoms with Crippen molar-refractivity contribution < 1.29 is 9.72 Å². The standard InChI is InChI=1S/C14H16N6O3/c1-9-7-10(20(22)23)4-5-11(9)17-14(21)18-12-3-2-6-19-13(12)15-8-16-19/h4-5,7-8,12H,2-3,6H2,1H3,(H2,17,18,21). The summed E-state index contributed by atoms with van der Waals surface area (Å²) in [5, 5.41) is 20.4. The van der Waals surface area contributed by atoms with E-state index in [1.807, 2.05) is 0 Å². The number of amides is 2. The zero-order valence-corrected chi connectivity index (χ0v) is 12.5. The lowest BCUT2D eigenvalue weighted by atomic mass is 10.1. The number of fused-ring (bicyclic) bond motifs is 1. The first kappa shape index (κ1) is 14.9. The largest absolute Gasteiger partial charge is 0.328 e. The van der Waals surface area contributed by atoms with Crippen molar-refractivity contribution in [3.63, 3.8) is 0 Å². The minimum atomic E-state index is -0.467. The molecule has 0 saturated heterocycles. The highest BCUT2D eigenvalue weighted by Gasteiger charge is 2.24. The van der Waals surface area contributed by atoms with Gasteiger partial charge in [0, 0.05) is 24.4 Å². The van der Waals surface area contributed by atoms with Gasteiger partial charge in [-0.15, -0.1) is 0 Å². The lowest BCUT2D eigenvalue weighted by Gasteiger charge is -2.23. The van der Waals surface area contributed by atoms with Gasteiger partial charge in [0.1, 0.15) is 12.2 Å². The molecule has 1 atom stereocenters. The number of hydrogen-bond donors (Lipinski definition) is 2. The number of nitrogens with zero attached hydrogens (tertiary/aromatic N) is 4. The summed E-state index contributed by atoms with van der Waals surface area (Å²) in [6.07, 6.45) is 3.19. The van der Waals surface area contributed by atoms with E-state index < -0.39 is 4.92 Å². The number of aromatic nitrogens is 3. The van der Waals surface area contributed by atoms with Crippen molar-refractivity contribution in [2.75, 3.05) is 5.32 Å². The van der Waals surface area contributed by atoms with E-state index in [-0.39, 0.29) is 17.8 Å². The van der Waals surface area contributed by atoms with Crippen molar-refractivity contribution in [3.8, 4) is 0 Å². The molecule has 2 amide bonds. The number of hydrogen-bond acceptors (Lipinski definition) is 5. The first-order valence-electron chi connectivity index (χ1n) is 7.25. The second-order valence-corrected chi connectivity index (χ2v) is 5.39. The van der Waals surface area contributed by atoms with Crippen LogP contribution in [0.3, 0.4) is 0 Å². The first-order valence-corrected chi connectivity index (χ1v) is 7.25. The number of carbonyl (C=O) groups is 1. The molecule has 0 saturated carbocycles. The molecule has 0 fully saturated rings. The summed E-state index contributed by atoms with van der Waals surface area (Å²) in [7, 11) is 0. The van der Waals surface area contributed by atoms with Crippen LogP contribution in [0.1, 0.15) is 30.3 Å². The van der Waals surface area contributed by atoms with Crippen LogP contribution in [0, 0.1) is 17.0 Å². The molecule has 1 aromatic carbocycles. The summed E-state index contributed by atoms with van der Waals surface area (Å²) in [5.74, 6) is 0.742. The fourth-order valence-corrected chi connectivity index (χ4v) is 2.64. The number of benzene rings is 1. The number of nitro benzene ring substituents is 1. The van der Waals surface area contributed by atoms with Gasteiger partial charge in [-0.1, -0.05) is 0 Å². The molecule has 3 rings (SSSR count). The lowest BCUT2D eigenvalue weighted by molar-refractivity contribution is -0.384. The summed E-state index contributed by atoms with van der Waals surface area (Å²) in [6.45, 7) is 2.51. The number of nitro groups is 1. The molecular weight excluding hydrogens is 300 g/mol. The summed E-state index contributed by atoms with van der Waals surface area (Å²) in [6, 6.07) is 3.75. The summed E-state index contributed by atoms with van der Waals surface area (Å²) in [4.78, 5) is 26.6. The number of urea groups is 1. The monoisotopic (exact) mass is 316 g/mol. The minimum absolute atomic E-state index is 0.00570. The first-order chi connectivity index (χ1) is 11.0. The van der Waals surface area contributed by atoms with E-state index in [9.17, 15) is 14.9 Å². The van der Waals surface area contributed by atoms with Gasteiger partial charge in [0.15, 0.2) is 0 Å². The fourth-order valence-electron chi connectivity index (χ4n) is 2.64. The molecule has 2 N–H and O–H groups in total. The maximum absolute atomic E-state index is 12.2. The van der Waals surface area contributed by atoms with E-state index in [4.69, 9.17) is 0 Å². The number of carbonyl (C=O) groups excluding carboxylic acids is 1. The van der Waals surface area contributed by atoms with Crippen molar-refractivity contribution >= 4 is 17.4 Å². The summed E-state index contributed by atoms with van der Waals surface area (Å²) in [5.41, 5.74) is 1.15. The smallest absolute Gasteiger partial charge is 0.319 e. The van der Waals surface area contributed by atoms with Crippen molar-refractivity contribution in [3.05, 3.63) is 46.0 Å². The van der Waals surface area contributed by atoms with Gasteiger partial charge in [-0.25, -0.2) is 14.5 Å². The third-order valence-corrected chi connectivity index (χ3v) is 3.79. The van der Waals surface area contributed by atoms with Gasteiger partial charge in [-0.05, 0) is 31.4 Å². The molecular formula is C14H16N6O3. The van der Waals surface area contributed by atoms with Crippen LogP contribution in [0.4, 0.5) is 16.2 Å². The number of nitrogens with one attached hydrogen (secondary N) is 2. The molecule has 0 spiro atoms. The van der Waals surface area contributed by atoms with E-state index in [1.54, 1.807) is 11.6 Å². The Kier molecular flexibility index (Phi) is 3.92. The number of anilines is 1. The Morgan fingerprint density at radius 1 is 1.48 bits per heavy atom. The van der Waals surface area contributed by atoms with Gasteiger partial charge in [0.05, 0.1) is 11.0 Å². The van der Waals surface area contributed by atoms with Crippen LogP contribution >= 0.6 is 0 Å². The van der Waals surface area contributed by atoms with Gasteiger partial charge < -0.3 is 10.6 Å². The Hall–Kier alpha value is -2.97. The number of aryl methyl sites for hydroxylation is 2. The van der Waals surface area contributed by atoms with E-state index in [2.05, 4.69) is 20.7 Å². The minimum Gasteiger partial charge on any atom is -0.328 e. The van der Waals surface area contributed by atoms with Gasteiger partial charge in [-0.2, -0.15) is 5.10 Å². The van der Waals surface area contributed by atoms with Crippen LogP contribution in [0.25, 0.3) is 0 Å². The predicted molar refractivity (Wildman–Crippen MR) is 82.0 cm³/mol. The average Bonchev–Trinajstić information content (AvgIpc) is 2.98. The Bertz CT molecular complexity index is 757. The van der Waals surface area contributed by atoms with Crippen LogP contribution < -0.4 is 10.6 Å². The van der Waals surface area contributed by atoms with Crippen LogP contribution in [0.5, 0.6) is 0 Å². The highest BCUT2D eigenvalue weighted by molar-refractivity contribution is 5.90. The predicted octanol–water partition coefficient (Wildman–Crippen LogP) is 2.15. The Labute approximate surface area is 131 Å². The quantitative estimate of drug-likeness (QED) is 0.665. The van der Waals surface area contributed by atoms with Gasteiger partial charge in [0.25, 0.3) is 5.69 Å². The number of non-ortho nitro benzene ring substituents is 1. The average molecular weight is 316 g/mol. The second-order valence-electron chi connectivity index (χ2n) is 5.39. The molecule has 1 aliphatic heterocycles. The van der Waals surface area contributed by atoms with Crippen molar-refractivity contribution in [1.82, 2.24) is 20.1 Å². The molecule has 9 heteroatoms. The van der Waals surface area contributed by atoms with E-state index in [0.717, 1.165) is 25.2 Å². The van der Waals surface area contributed by atoms with Crippen molar-refractivity contribution in [2.24, 2.45) is 0 Å². The molecule has 0 aliphatic carbocycles. The lowest BCUT2D eigenvalue weighted by Crippen LogP contribution is -2.36. The Morgan fingerprint density at radius 3 is 3.04 bits per heavy atom. The topological polar surface area (TPSA) is 115 Å². The molecule has 9 nitrogen and oxygen atoms in total. The molecule has 1 aromatic heterocycles. The second kappa shape index (κ2) is 6.03. The summed E-state index contributed by atoms with van der Waals surface area (Å²) >= 11 is 0. The zero-order valence-electron chi connectivity index (χ0n) is 12.5. The van der Waals surface area contributed by atoms with Crippen molar-refractivity contribution in [1.29, 1.82) is 0 Å². The number of rotatable bonds is 3. The SMILES string of the molecule is Cc1cc([N+](=O)[O-])ccc1NC(=O)NC1CCCn2ncnc21. The molecule has 1 unspecified atom stereocenters. The molecule has 0 bridgehead atoms.